The van der Waals surface area contributed by atoms with Gasteiger partial charge in [0, 0.05) is 52.1 Å². The predicted molar refractivity (Wildman–Crippen MR) is 688 cm³/mol. The normalized spacial score (nSPS) is 14.3. The molecule has 892 valence electrons. The van der Waals surface area contributed by atoms with Gasteiger partial charge >= 0.3 is 0 Å². The van der Waals surface area contributed by atoms with Gasteiger partial charge in [0.1, 0.15) is 5.78 Å². The summed E-state index contributed by atoms with van der Waals surface area (Å²) >= 11 is 0. The van der Waals surface area contributed by atoms with E-state index >= 15 is 0 Å². The van der Waals surface area contributed by atoms with E-state index in [1.165, 1.54) is 148 Å². The Hall–Kier alpha value is -0.490. The fourth-order valence-corrected chi connectivity index (χ4v) is 6.66. The van der Waals surface area contributed by atoms with Gasteiger partial charge in [-0.3, -0.25) is 4.79 Å². The maximum absolute atomic E-state index is 11.5. The van der Waals surface area contributed by atoms with Gasteiger partial charge < -0.3 is 19.6 Å². The molecular formula is C138H314N4O. The van der Waals surface area contributed by atoms with Crippen LogP contribution in [0.25, 0.3) is 0 Å². The molecule has 2 aliphatic heterocycles. The Balaban J connectivity index is -0.0000000720. The lowest BCUT2D eigenvalue weighted by Crippen LogP contribution is -2.49. The first-order chi connectivity index (χ1) is 61.6. The maximum atomic E-state index is 11.5. The smallest absolute Gasteiger partial charge is 0.133 e. The number of Topliss-reactive ketones (excluding diaryl/α,β-unsaturated/α-hetero) is 1. The second-order valence-corrected chi connectivity index (χ2v) is 69.0. The number of likely N-dealkylation sites (tertiary alicyclic amines) is 2. The zero-order valence-corrected chi connectivity index (χ0v) is 120. The molecule has 0 spiro atoms. The maximum Gasteiger partial charge on any atom is 0.133 e. The number of rotatable bonds is 6. The van der Waals surface area contributed by atoms with E-state index < -0.39 is 0 Å². The summed E-state index contributed by atoms with van der Waals surface area (Å²) in [4.78, 5) is 20.7. The van der Waals surface area contributed by atoms with Crippen LogP contribution >= 0.6 is 0 Å². The Bertz CT molecular complexity index is 2090. The van der Waals surface area contributed by atoms with Crippen LogP contribution in [0.4, 0.5) is 0 Å². The summed E-state index contributed by atoms with van der Waals surface area (Å²) in [6.45, 7) is 187. The highest BCUT2D eigenvalue weighted by Gasteiger charge is 2.40. The number of nitrogens with zero attached hydrogens (tertiary/aromatic N) is 4. The topological polar surface area (TPSA) is 30.0 Å². The number of hydrogen-bond acceptors (Lipinski definition) is 5. The van der Waals surface area contributed by atoms with Crippen molar-refractivity contribution >= 4 is 5.78 Å². The molecule has 0 unspecified atom stereocenters. The summed E-state index contributed by atoms with van der Waals surface area (Å²) < 4.78 is 0. The minimum Gasteiger partial charge on any atom is -0.309 e. The van der Waals surface area contributed by atoms with Crippen molar-refractivity contribution in [2.45, 2.75) is 689 Å². The monoisotopic (exact) mass is 2040 g/mol. The highest BCUT2D eigenvalue weighted by atomic mass is 16.1. The van der Waals surface area contributed by atoms with Gasteiger partial charge in [-0.2, -0.15) is 0 Å². The molecule has 3 aliphatic rings. The molecule has 5 heteroatoms. The van der Waals surface area contributed by atoms with Gasteiger partial charge in [0.05, 0.1) is 0 Å². The van der Waals surface area contributed by atoms with Gasteiger partial charge in [-0.05, 0) is 193 Å². The molecule has 0 aromatic heterocycles. The quantitative estimate of drug-likeness (QED) is 0.264. The number of carbonyl (C=O) groups excluding carboxylic acids is 1. The van der Waals surface area contributed by atoms with Crippen LogP contribution in [0.2, 0.25) is 0 Å². The molecule has 0 N–H and O–H groups in total. The van der Waals surface area contributed by atoms with Crippen LogP contribution in [0.5, 0.6) is 0 Å². The first-order valence-electron chi connectivity index (χ1n) is 59.8. The Morgan fingerprint density at radius 3 is 0.371 bits per heavy atom. The fraction of sp³-hybridized carbons (Fsp3) is 0.993. The average Bonchev–Trinajstić information content (AvgIpc) is 1.70. The molecule has 5 nitrogen and oxygen atoms in total. The van der Waals surface area contributed by atoms with E-state index in [9.17, 15) is 4.79 Å². The number of ketones is 1. The van der Waals surface area contributed by atoms with E-state index in [1.807, 2.05) is 0 Å². The van der Waals surface area contributed by atoms with Crippen molar-refractivity contribution in [3.05, 3.63) is 0 Å². The zero-order valence-electron chi connectivity index (χ0n) is 120. The molecule has 1 aliphatic carbocycles. The summed E-state index contributed by atoms with van der Waals surface area (Å²) in [6.07, 6.45) is 25.8. The van der Waals surface area contributed by atoms with Crippen molar-refractivity contribution in [2.24, 2.45) is 131 Å². The molecule has 0 radical (unpaired) electrons. The molecule has 3 rings (SSSR count). The Labute approximate surface area is 925 Å². The molecule has 1 saturated carbocycles. The molecule has 2 heterocycles. The Morgan fingerprint density at radius 2 is 0.336 bits per heavy atom. The molecule has 0 bridgehead atoms. The highest BCUT2D eigenvalue weighted by molar-refractivity contribution is 5.80. The van der Waals surface area contributed by atoms with Crippen molar-refractivity contribution in [3.8, 4) is 0 Å². The third-order valence-electron chi connectivity index (χ3n) is 25.5. The minimum atomic E-state index is 0.169. The standard InChI is InChI=1S/C11H20O.2C8H17N.2C7H17N.C7H16.15C6H14/c1-10(2,3)7-9(12)8-11(4)5-6-11;2*1-8(2,3)7-5-9(4)6-7;2*1-7(2,3)6-8(4)5;1-5-6-7(2,3)4;15*1-5-6(2,3)4/h5-8H2,1-4H3;2*7H,5-6H2,1-4H3;2*6H2,1-5H3;5-6H2,1-4H3;15*5H2,1-4H3. The van der Waals surface area contributed by atoms with Crippen molar-refractivity contribution in [1.29, 1.82) is 0 Å². The molecule has 2 saturated heterocycles. The Kier molecular flexibility index (Phi) is 112. The first kappa shape index (κ1) is 184. The number of carbonyl (C=O) groups is 1. The summed E-state index contributed by atoms with van der Waals surface area (Å²) in [5, 5.41) is 0. The minimum absolute atomic E-state index is 0.169. The van der Waals surface area contributed by atoms with Crippen LogP contribution < -0.4 is 0 Å². The SMILES string of the molecule is CC(C)(C)CC(=O)CC1(C)CC1.CCC(C)(C)C.CCC(C)(C)C.CCC(C)(C)C.CCC(C)(C)C.CCC(C)(C)C.CCC(C)(C)C.CCC(C)(C)C.CCC(C)(C)C.CCC(C)(C)C.CCC(C)(C)C.CCC(C)(C)C.CCC(C)(C)C.CCC(C)(C)C.CCC(C)(C)C.CCC(C)(C)C.CCCC(C)(C)C.CN(C)CC(C)(C)C.CN(C)CC(C)(C)C.CN1CC(C(C)(C)C)C1.CN1CC(C(C)(C)C)C1. The highest BCUT2D eigenvalue weighted by Crippen LogP contribution is 2.49. The molecular weight excluding hydrogens is 1730 g/mol. The van der Waals surface area contributed by atoms with E-state index in [4.69, 9.17) is 0 Å². The number of hydrogen-bond donors (Lipinski definition) is 0. The first-order valence-corrected chi connectivity index (χ1v) is 59.8. The molecule has 3 fully saturated rings. The van der Waals surface area contributed by atoms with Crippen LogP contribution in [0.3, 0.4) is 0 Å². The molecule has 0 amide bonds. The summed E-state index contributed by atoms with van der Waals surface area (Å²) in [7, 11) is 12.8. The average molecular weight is 2050 g/mol. The predicted octanol–water partition coefficient (Wildman–Crippen LogP) is 49.0. The van der Waals surface area contributed by atoms with Gasteiger partial charge in [0.25, 0.3) is 0 Å². The third-order valence-corrected chi connectivity index (χ3v) is 25.5. The Morgan fingerprint density at radius 1 is 0.217 bits per heavy atom. The van der Waals surface area contributed by atoms with Gasteiger partial charge in [0.15, 0.2) is 0 Å². The van der Waals surface area contributed by atoms with E-state index in [0.717, 1.165) is 37.8 Å². The second-order valence-electron chi connectivity index (χ2n) is 69.0. The van der Waals surface area contributed by atoms with Crippen LogP contribution in [-0.4, -0.2) is 107 Å². The summed E-state index contributed by atoms with van der Waals surface area (Å²) in [5.74, 6) is 2.31. The van der Waals surface area contributed by atoms with E-state index in [1.54, 1.807) is 0 Å². The van der Waals surface area contributed by atoms with Crippen molar-refractivity contribution in [3.63, 3.8) is 0 Å². The fourth-order valence-electron chi connectivity index (χ4n) is 6.66. The van der Waals surface area contributed by atoms with Gasteiger partial charge in [0.2, 0.25) is 0 Å². The van der Waals surface area contributed by atoms with Crippen LogP contribution in [-0.2, 0) is 4.79 Å². The van der Waals surface area contributed by atoms with E-state index in [-0.39, 0.29) is 5.41 Å². The van der Waals surface area contributed by atoms with Crippen LogP contribution in [0.1, 0.15) is 689 Å². The van der Waals surface area contributed by atoms with Gasteiger partial charge in [-0.25, -0.2) is 0 Å². The van der Waals surface area contributed by atoms with Gasteiger partial charge in [-0.1, -0.05) is 657 Å². The molecule has 0 aromatic rings. The molecule has 0 aromatic carbocycles. The lowest BCUT2D eigenvalue weighted by atomic mass is 9.76. The van der Waals surface area contributed by atoms with Crippen molar-refractivity contribution in [2.75, 3.05) is 81.6 Å². The van der Waals surface area contributed by atoms with E-state index in [0.29, 0.717) is 119 Å². The van der Waals surface area contributed by atoms with Crippen molar-refractivity contribution < 1.29 is 4.79 Å². The summed E-state index contributed by atoms with van der Waals surface area (Å²) in [5.41, 5.74) is 11.2. The largest absolute Gasteiger partial charge is 0.309 e. The molecule has 0 atom stereocenters. The third kappa shape index (κ3) is 267. The lowest BCUT2D eigenvalue weighted by molar-refractivity contribution is -0.121. The van der Waals surface area contributed by atoms with Gasteiger partial charge in [-0.15, -0.1) is 0 Å². The van der Waals surface area contributed by atoms with Crippen LogP contribution in [0, 0.1) is 131 Å². The zero-order chi connectivity index (χ0) is 121. The van der Waals surface area contributed by atoms with Crippen LogP contribution in [0.15, 0.2) is 0 Å². The van der Waals surface area contributed by atoms with Crippen molar-refractivity contribution in [1.82, 2.24) is 19.6 Å². The van der Waals surface area contributed by atoms with E-state index in [2.05, 4.69) is 616 Å². The second kappa shape index (κ2) is 86.7. The lowest BCUT2D eigenvalue weighted by Gasteiger charge is -2.44. The molecule has 143 heavy (non-hydrogen) atoms. The summed E-state index contributed by atoms with van der Waals surface area (Å²) in [6, 6.07) is 0.